The highest BCUT2D eigenvalue weighted by Crippen LogP contribution is 2.26. The van der Waals surface area contributed by atoms with Crippen molar-refractivity contribution in [3.05, 3.63) is 120 Å². The fraction of sp³-hybridized carbons (Fsp3) is 0. The van der Waals surface area contributed by atoms with Crippen molar-refractivity contribution >= 4 is 40.2 Å². The van der Waals surface area contributed by atoms with E-state index in [1.165, 1.54) is 0 Å². The molecule has 2 aromatic heterocycles. The van der Waals surface area contributed by atoms with Gasteiger partial charge in [-0.2, -0.15) is 0 Å². The topological polar surface area (TPSA) is 101 Å². The number of hydrogen-bond donors (Lipinski definition) is 3. The summed E-state index contributed by atoms with van der Waals surface area (Å²) in [6.07, 6.45) is 5.08. The van der Waals surface area contributed by atoms with Gasteiger partial charge in [-0.25, -0.2) is 4.98 Å². The summed E-state index contributed by atoms with van der Waals surface area (Å²) >= 11 is 0. The van der Waals surface area contributed by atoms with Crippen molar-refractivity contribution in [2.45, 2.75) is 0 Å². The largest absolute Gasteiger partial charge is 0.366 e. The maximum Gasteiger partial charge on any atom is 0.255 e. The van der Waals surface area contributed by atoms with E-state index in [2.05, 4.69) is 15.3 Å². The minimum Gasteiger partial charge on any atom is -0.366 e. The SMILES string of the molecule is NC(=O)/C(=C\c1c[nH]c2ncc(NC(=O)c3ccc(-c4ccccc4)cc3)cc12)c1ccccc1. The van der Waals surface area contributed by atoms with E-state index >= 15 is 0 Å². The molecule has 4 N–H and O–H groups in total. The molecule has 0 unspecified atom stereocenters. The highest BCUT2D eigenvalue weighted by molar-refractivity contribution is 6.24. The van der Waals surface area contributed by atoms with Gasteiger partial charge >= 0.3 is 0 Å². The summed E-state index contributed by atoms with van der Waals surface area (Å²) in [4.78, 5) is 32.5. The number of fused-ring (bicyclic) bond motifs is 1. The molecule has 0 fully saturated rings. The normalized spacial score (nSPS) is 11.4. The number of aromatic amines is 1. The minimum absolute atomic E-state index is 0.236. The molecule has 6 nitrogen and oxygen atoms in total. The fourth-order valence-corrected chi connectivity index (χ4v) is 3.93. The maximum absolute atomic E-state index is 12.9. The molecule has 6 heteroatoms. The molecule has 170 valence electrons. The van der Waals surface area contributed by atoms with E-state index in [1.807, 2.05) is 78.9 Å². The van der Waals surface area contributed by atoms with Crippen LogP contribution in [0.1, 0.15) is 21.5 Å². The van der Waals surface area contributed by atoms with Crippen LogP contribution in [0, 0.1) is 0 Å². The number of anilines is 1. The van der Waals surface area contributed by atoms with Gasteiger partial charge in [0.1, 0.15) is 5.65 Å². The van der Waals surface area contributed by atoms with Crippen molar-refractivity contribution in [2.24, 2.45) is 5.73 Å². The van der Waals surface area contributed by atoms with Gasteiger partial charge in [0.25, 0.3) is 5.91 Å². The van der Waals surface area contributed by atoms with E-state index in [-0.39, 0.29) is 5.91 Å². The predicted molar refractivity (Wildman–Crippen MR) is 139 cm³/mol. The molecule has 5 aromatic rings. The van der Waals surface area contributed by atoms with Crippen LogP contribution in [0.25, 0.3) is 33.8 Å². The summed E-state index contributed by atoms with van der Waals surface area (Å²) in [5.41, 5.74) is 11.4. The number of amides is 2. The Morgan fingerprint density at radius 3 is 2.17 bits per heavy atom. The van der Waals surface area contributed by atoms with Crippen LogP contribution in [0.5, 0.6) is 0 Å². The number of hydrogen-bond acceptors (Lipinski definition) is 3. The number of nitrogens with zero attached hydrogens (tertiary/aromatic N) is 1. The molecule has 0 aliphatic carbocycles. The first-order valence-corrected chi connectivity index (χ1v) is 11.1. The Morgan fingerprint density at radius 1 is 0.829 bits per heavy atom. The first-order chi connectivity index (χ1) is 17.1. The van der Waals surface area contributed by atoms with Crippen molar-refractivity contribution in [3.63, 3.8) is 0 Å². The van der Waals surface area contributed by atoms with Gasteiger partial charge in [0, 0.05) is 28.3 Å². The first kappa shape index (κ1) is 21.9. The summed E-state index contributed by atoms with van der Waals surface area (Å²) in [5.74, 6) is -0.762. The Labute approximate surface area is 202 Å². The molecule has 0 spiro atoms. The third-order valence-corrected chi connectivity index (χ3v) is 5.73. The van der Waals surface area contributed by atoms with Gasteiger partial charge in [0.05, 0.1) is 11.9 Å². The number of nitrogens with two attached hydrogens (primary N) is 1. The molecule has 35 heavy (non-hydrogen) atoms. The average Bonchev–Trinajstić information content (AvgIpc) is 3.30. The van der Waals surface area contributed by atoms with Gasteiger partial charge in [-0.15, -0.1) is 0 Å². The highest BCUT2D eigenvalue weighted by Gasteiger charge is 2.12. The summed E-state index contributed by atoms with van der Waals surface area (Å²) in [7, 11) is 0. The second-order valence-electron chi connectivity index (χ2n) is 8.05. The first-order valence-electron chi connectivity index (χ1n) is 11.1. The zero-order chi connectivity index (χ0) is 24.2. The van der Waals surface area contributed by atoms with E-state index in [4.69, 9.17) is 5.73 Å². The van der Waals surface area contributed by atoms with Crippen molar-refractivity contribution < 1.29 is 9.59 Å². The van der Waals surface area contributed by atoms with Crippen LogP contribution in [0.3, 0.4) is 0 Å². The quantitative estimate of drug-likeness (QED) is 0.293. The Morgan fingerprint density at radius 2 is 1.49 bits per heavy atom. The average molecular weight is 459 g/mol. The predicted octanol–water partition coefficient (Wildman–Crippen LogP) is 5.51. The third kappa shape index (κ3) is 4.72. The molecule has 2 heterocycles. The molecule has 3 aromatic carbocycles. The standard InChI is InChI=1S/C29H22N4O2/c30-27(34)25(21-9-5-2-6-10-21)15-23-17-31-28-26(23)16-24(18-32-28)33-29(35)22-13-11-20(12-14-22)19-7-3-1-4-8-19/h1-18H,(H2,30,34)(H,31,32)(H,33,35)/b25-15-. The molecule has 0 bridgehead atoms. The lowest BCUT2D eigenvalue weighted by Gasteiger charge is -2.07. The number of rotatable bonds is 6. The number of pyridine rings is 1. The number of nitrogens with one attached hydrogen (secondary N) is 2. The van der Waals surface area contributed by atoms with Crippen molar-refractivity contribution in [3.8, 4) is 11.1 Å². The zero-order valence-electron chi connectivity index (χ0n) is 18.7. The van der Waals surface area contributed by atoms with Crippen LogP contribution < -0.4 is 11.1 Å². The molecule has 0 saturated heterocycles. The van der Waals surface area contributed by atoms with Crippen LogP contribution >= 0.6 is 0 Å². The van der Waals surface area contributed by atoms with Gasteiger partial charge in [-0.3, -0.25) is 9.59 Å². The molecule has 0 aliphatic heterocycles. The Hall–Kier alpha value is -4.97. The van der Waals surface area contributed by atoms with Gasteiger partial charge < -0.3 is 16.0 Å². The van der Waals surface area contributed by atoms with Crippen LogP contribution in [0.15, 0.2) is 103 Å². The number of aromatic nitrogens is 2. The van der Waals surface area contributed by atoms with Crippen LogP contribution in [-0.4, -0.2) is 21.8 Å². The van der Waals surface area contributed by atoms with Crippen molar-refractivity contribution in [1.29, 1.82) is 0 Å². The van der Waals surface area contributed by atoms with Crippen molar-refractivity contribution in [1.82, 2.24) is 9.97 Å². The molecule has 0 aliphatic rings. The molecule has 5 rings (SSSR count). The summed E-state index contributed by atoms with van der Waals surface area (Å²) in [6.45, 7) is 0. The zero-order valence-corrected chi connectivity index (χ0v) is 18.7. The molecule has 0 atom stereocenters. The number of benzene rings is 3. The minimum atomic E-state index is -0.526. The van der Waals surface area contributed by atoms with E-state index in [1.54, 1.807) is 30.6 Å². The highest BCUT2D eigenvalue weighted by atomic mass is 16.2. The smallest absolute Gasteiger partial charge is 0.255 e. The lowest BCUT2D eigenvalue weighted by atomic mass is 10.0. The van der Waals surface area contributed by atoms with E-state index in [9.17, 15) is 9.59 Å². The molecule has 0 saturated carbocycles. The van der Waals surface area contributed by atoms with E-state index in [0.29, 0.717) is 22.5 Å². The van der Waals surface area contributed by atoms with Crippen molar-refractivity contribution in [2.75, 3.05) is 5.32 Å². The van der Waals surface area contributed by atoms with Gasteiger partial charge in [-0.1, -0.05) is 72.8 Å². The molecular formula is C29H22N4O2. The van der Waals surface area contributed by atoms with E-state index < -0.39 is 5.91 Å². The maximum atomic E-state index is 12.9. The van der Waals surface area contributed by atoms with E-state index in [0.717, 1.165) is 27.6 Å². The summed E-state index contributed by atoms with van der Waals surface area (Å²) in [6, 6.07) is 28.5. The number of carbonyl (C=O) groups excluding carboxylic acids is 2. The lowest BCUT2D eigenvalue weighted by molar-refractivity contribution is -0.112. The van der Waals surface area contributed by atoms with Crippen LogP contribution in [0.2, 0.25) is 0 Å². The third-order valence-electron chi connectivity index (χ3n) is 5.73. The van der Waals surface area contributed by atoms with Gasteiger partial charge in [-0.05, 0) is 41.0 Å². The van der Waals surface area contributed by atoms with Gasteiger partial charge in [0.2, 0.25) is 5.91 Å². The van der Waals surface area contributed by atoms with Gasteiger partial charge in [0.15, 0.2) is 0 Å². The second-order valence-corrected chi connectivity index (χ2v) is 8.05. The molecule has 0 radical (unpaired) electrons. The molecular weight excluding hydrogens is 436 g/mol. The number of primary amides is 1. The Bertz CT molecular complexity index is 1540. The summed E-state index contributed by atoms with van der Waals surface area (Å²) in [5, 5.41) is 3.67. The van der Waals surface area contributed by atoms with Crippen LogP contribution in [-0.2, 0) is 4.79 Å². The second kappa shape index (κ2) is 9.49. The molecule has 2 amide bonds. The lowest BCUT2D eigenvalue weighted by Crippen LogP contribution is -2.12. The monoisotopic (exact) mass is 458 g/mol. The number of H-pyrrole nitrogens is 1. The Balaban J connectivity index is 1.41. The Kier molecular flexibility index (Phi) is 5.92. The van der Waals surface area contributed by atoms with Crippen LogP contribution in [0.4, 0.5) is 5.69 Å². The summed E-state index contributed by atoms with van der Waals surface area (Å²) < 4.78 is 0. The fourth-order valence-electron chi connectivity index (χ4n) is 3.93. The number of carbonyl (C=O) groups is 2.